The van der Waals surface area contributed by atoms with Crippen molar-refractivity contribution in [3.8, 4) is 0 Å². The van der Waals surface area contributed by atoms with Crippen molar-refractivity contribution in [2.75, 3.05) is 20.3 Å². The molecule has 2 aromatic rings. The maximum Gasteiger partial charge on any atom is 0.259 e. The highest BCUT2D eigenvalue weighted by Gasteiger charge is 2.18. The van der Waals surface area contributed by atoms with Crippen molar-refractivity contribution in [3.63, 3.8) is 0 Å². The van der Waals surface area contributed by atoms with Crippen LogP contribution < -0.4 is 5.56 Å². The van der Waals surface area contributed by atoms with Crippen molar-refractivity contribution >= 4 is 21.6 Å². The number of nitrogens with one attached hydrogen (secondary N) is 1. The summed E-state index contributed by atoms with van der Waals surface area (Å²) < 4.78 is 4.98. The Labute approximate surface area is 140 Å². The molecule has 0 spiro atoms. The molecule has 0 radical (unpaired) electrons. The minimum atomic E-state index is -0.566. The smallest absolute Gasteiger partial charge is 0.259 e. The fourth-order valence-corrected chi connectivity index (χ4v) is 3.59. The van der Waals surface area contributed by atoms with E-state index < -0.39 is 6.10 Å². The van der Waals surface area contributed by atoms with Gasteiger partial charge in [0.05, 0.1) is 24.6 Å². The van der Waals surface area contributed by atoms with Gasteiger partial charge in [-0.25, -0.2) is 4.98 Å². The summed E-state index contributed by atoms with van der Waals surface area (Å²) in [5.41, 5.74) is 0.912. The van der Waals surface area contributed by atoms with Gasteiger partial charge in [0, 0.05) is 24.6 Å². The lowest BCUT2D eigenvalue weighted by Gasteiger charge is -2.27. The first-order valence-electron chi connectivity index (χ1n) is 7.73. The van der Waals surface area contributed by atoms with E-state index in [9.17, 15) is 9.90 Å². The molecule has 7 heteroatoms. The van der Waals surface area contributed by atoms with E-state index in [-0.39, 0.29) is 18.2 Å². The molecule has 0 fully saturated rings. The molecule has 0 aliphatic heterocycles. The average molecular weight is 339 g/mol. The largest absolute Gasteiger partial charge is 0.389 e. The molecule has 0 bridgehead atoms. The van der Waals surface area contributed by atoms with Crippen molar-refractivity contribution < 1.29 is 9.84 Å². The van der Waals surface area contributed by atoms with Crippen LogP contribution in [0.25, 0.3) is 10.2 Å². The second-order valence-electron chi connectivity index (χ2n) is 6.11. The van der Waals surface area contributed by atoms with E-state index in [1.165, 1.54) is 0 Å². The van der Waals surface area contributed by atoms with E-state index in [0.717, 1.165) is 15.3 Å². The molecule has 128 valence electrons. The quantitative estimate of drug-likeness (QED) is 0.804. The van der Waals surface area contributed by atoms with Crippen molar-refractivity contribution in [1.82, 2.24) is 14.9 Å². The van der Waals surface area contributed by atoms with Crippen LogP contribution in [0.1, 0.15) is 30.1 Å². The highest BCUT2D eigenvalue weighted by atomic mass is 32.1. The Morgan fingerprint density at radius 2 is 2.09 bits per heavy atom. The molecule has 2 heterocycles. The summed E-state index contributed by atoms with van der Waals surface area (Å²) in [6, 6.07) is 0.217. The molecule has 2 rings (SSSR count). The zero-order chi connectivity index (χ0) is 17.1. The molecule has 0 aromatic carbocycles. The lowest BCUT2D eigenvalue weighted by molar-refractivity contribution is 0.0272. The molecule has 6 nitrogen and oxygen atoms in total. The summed E-state index contributed by atoms with van der Waals surface area (Å²) in [4.78, 5) is 23.8. The lowest BCUT2D eigenvalue weighted by atomic mass is 10.2. The maximum absolute atomic E-state index is 12.3. The second kappa shape index (κ2) is 7.53. The minimum absolute atomic E-state index is 0.0898. The van der Waals surface area contributed by atoms with Gasteiger partial charge in [-0.15, -0.1) is 11.3 Å². The van der Waals surface area contributed by atoms with Crippen LogP contribution in [-0.2, 0) is 11.3 Å². The maximum atomic E-state index is 12.3. The lowest BCUT2D eigenvalue weighted by Crippen LogP contribution is -2.39. The molecule has 0 saturated carbocycles. The molecule has 0 saturated heterocycles. The Kier molecular flexibility index (Phi) is 5.91. The third kappa shape index (κ3) is 4.17. The summed E-state index contributed by atoms with van der Waals surface area (Å²) >= 11 is 1.55. The zero-order valence-electron chi connectivity index (χ0n) is 14.3. The Morgan fingerprint density at radius 3 is 2.70 bits per heavy atom. The number of hydrogen-bond donors (Lipinski definition) is 2. The third-order valence-electron chi connectivity index (χ3n) is 3.98. The summed E-state index contributed by atoms with van der Waals surface area (Å²) in [5.74, 6) is 0.627. The van der Waals surface area contributed by atoms with Crippen LogP contribution in [0.4, 0.5) is 0 Å². The summed E-state index contributed by atoms with van der Waals surface area (Å²) in [5, 5.41) is 10.6. The number of hydrogen-bond acceptors (Lipinski definition) is 6. The van der Waals surface area contributed by atoms with Gasteiger partial charge in [0.25, 0.3) is 5.56 Å². The van der Waals surface area contributed by atoms with Crippen LogP contribution in [0, 0.1) is 13.8 Å². The first kappa shape index (κ1) is 18.1. The molecule has 0 aliphatic rings. The van der Waals surface area contributed by atoms with Gasteiger partial charge < -0.3 is 14.8 Å². The number of H-pyrrole nitrogens is 1. The molecule has 2 aromatic heterocycles. The Balaban J connectivity index is 2.26. The number of aryl methyl sites for hydroxylation is 2. The van der Waals surface area contributed by atoms with Gasteiger partial charge in [-0.05, 0) is 33.3 Å². The molecule has 0 aliphatic carbocycles. The Morgan fingerprint density at radius 1 is 1.39 bits per heavy atom. The number of aliphatic hydroxyl groups is 1. The Bertz CT molecular complexity index is 723. The van der Waals surface area contributed by atoms with Gasteiger partial charge in [-0.1, -0.05) is 0 Å². The normalized spacial score (nSPS) is 13.4. The highest BCUT2D eigenvalue weighted by molar-refractivity contribution is 7.18. The third-order valence-corrected chi connectivity index (χ3v) is 5.08. The first-order valence-corrected chi connectivity index (χ1v) is 8.55. The average Bonchev–Trinajstić information content (AvgIpc) is 2.73. The number of fused-ring (bicyclic) bond motifs is 1. The van der Waals surface area contributed by atoms with Gasteiger partial charge in [0.15, 0.2) is 0 Å². The van der Waals surface area contributed by atoms with E-state index >= 15 is 0 Å². The highest BCUT2D eigenvalue weighted by Crippen LogP contribution is 2.25. The number of aromatic nitrogens is 2. The van der Waals surface area contributed by atoms with Crippen LogP contribution >= 0.6 is 11.3 Å². The minimum Gasteiger partial charge on any atom is -0.389 e. The molecule has 2 N–H and O–H groups in total. The van der Waals surface area contributed by atoms with Crippen LogP contribution in [0.5, 0.6) is 0 Å². The van der Waals surface area contributed by atoms with Crippen molar-refractivity contribution in [2.24, 2.45) is 0 Å². The van der Waals surface area contributed by atoms with Crippen LogP contribution in [0.15, 0.2) is 4.79 Å². The number of thiophene rings is 1. The van der Waals surface area contributed by atoms with Crippen LogP contribution in [0.2, 0.25) is 0 Å². The number of aliphatic hydroxyl groups excluding tert-OH is 1. The number of nitrogens with zero attached hydrogens (tertiary/aromatic N) is 2. The van der Waals surface area contributed by atoms with Gasteiger partial charge in [-0.3, -0.25) is 9.69 Å². The van der Waals surface area contributed by atoms with E-state index in [4.69, 9.17) is 4.74 Å². The standard InChI is InChI=1S/C16H25N3O3S/c1-9(2)19(6-12(20)8-22-5)7-13-17-15(21)14-10(3)11(4)23-16(14)18-13/h9,12,20H,6-8H2,1-5H3,(H,17,18,21). The predicted molar refractivity (Wildman–Crippen MR) is 93.1 cm³/mol. The van der Waals surface area contributed by atoms with Gasteiger partial charge in [0.2, 0.25) is 0 Å². The zero-order valence-corrected chi connectivity index (χ0v) is 15.2. The first-order chi connectivity index (χ1) is 10.8. The predicted octanol–water partition coefficient (Wildman–Crippen LogP) is 1.82. The SMILES string of the molecule is COCC(O)CN(Cc1nc2sc(C)c(C)c2c(=O)[nH]1)C(C)C. The number of rotatable bonds is 7. The van der Waals surface area contributed by atoms with Crippen molar-refractivity contribution in [1.29, 1.82) is 0 Å². The van der Waals surface area contributed by atoms with E-state index in [1.54, 1.807) is 18.4 Å². The second-order valence-corrected chi connectivity index (χ2v) is 7.31. The summed E-state index contributed by atoms with van der Waals surface area (Å²) in [7, 11) is 1.57. The molecular formula is C16H25N3O3S. The van der Waals surface area contributed by atoms with Crippen LogP contribution in [-0.4, -0.2) is 52.4 Å². The monoisotopic (exact) mass is 339 g/mol. The fraction of sp³-hybridized carbons (Fsp3) is 0.625. The summed E-state index contributed by atoms with van der Waals surface area (Å²) in [6.45, 7) is 9.30. The van der Waals surface area contributed by atoms with Crippen molar-refractivity contribution in [3.05, 3.63) is 26.6 Å². The van der Waals surface area contributed by atoms with Gasteiger partial charge in [-0.2, -0.15) is 0 Å². The van der Waals surface area contributed by atoms with Gasteiger partial charge >= 0.3 is 0 Å². The van der Waals surface area contributed by atoms with E-state index in [0.29, 0.717) is 24.3 Å². The van der Waals surface area contributed by atoms with Crippen molar-refractivity contribution in [2.45, 2.75) is 46.4 Å². The molecule has 23 heavy (non-hydrogen) atoms. The number of ether oxygens (including phenoxy) is 1. The topological polar surface area (TPSA) is 78.5 Å². The molecule has 0 amide bonds. The van der Waals surface area contributed by atoms with Gasteiger partial charge in [0.1, 0.15) is 10.7 Å². The van der Waals surface area contributed by atoms with Crippen LogP contribution in [0.3, 0.4) is 0 Å². The number of aromatic amines is 1. The Hall–Kier alpha value is -1.28. The van der Waals surface area contributed by atoms with E-state index in [1.807, 2.05) is 13.8 Å². The number of methoxy groups -OCH3 is 1. The van der Waals surface area contributed by atoms with E-state index in [2.05, 4.69) is 28.7 Å². The summed E-state index contributed by atoms with van der Waals surface area (Å²) in [6.07, 6.45) is -0.566. The fourth-order valence-electron chi connectivity index (χ4n) is 2.54. The molecular weight excluding hydrogens is 314 g/mol. The molecule has 1 unspecified atom stereocenters. The molecule has 1 atom stereocenters.